The lowest BCUT2D eigenvalue weighted by atomic mass is 9.95. The van der Waals surface area contributed by atoms with Gasteiger partial charge in [0.25, 0.3) is 0 Å². The molecule has 3 N–H and O–H groups in total. The summed E-state index contributed by atoms with van der Waals surface area (Å²) in [6, 6.07) is 0. The highest BCUT2D eigenvalue weighted by Gasteiger charge is 2.29. The molecule has 98 valence electrons. The third-order valence-electron chi connectivity index (χ3n) is 3.00. The van der Waals surface area contributed by atoms with E-state index in [1.54, 1.807) is 11.9 Å². The van der Waals surface area contributed by atoms with Crippen molar-refractivity contribution >= 4 is 11.8 Å². The van der Waals surface area contributed by atoms with Gasteiger partial charge < -0.3 is 16.0 Å². The van der Waals surface area contributed by atoms with E-state index < -0.39 is 5.54 Å². The molecule has 2 amide bonds. The fourth-order valence-electron chi connectivity index (χ4n) is 2.12. The zero-order valence-electron chi connectivity index (χ0n) is 11.0. The van der Waals surface area contributed by atoms with Crippen molar-refractivity contribution in [2.75, 3.05) is 20.1 Å². The number of hydrogen-bond donors (Lipinski definition) is 2. The molecule has 5 nitrogen and oxygen atoms in total. The maximum atomic E-state index is 12.0. The van der Waals surface area contributed by atoms with E-state index in [9.17, 15) is 9.59 Å². The smallest absolute Gasteiger partial charge is 0.224 e. The highest BCUT2D eigenvalue weighted by Crippen LogP contribution is 2.18. The molecule has 5 heteroatoms. The number of hydrogen-bond acceptors (Lipinski definition) is 3. The first-order valence-corrected chi connectivity index (χ1v) is 6.12. The largest absolute Gasteiger partial charge is 0.359 e. The average Bonchev–Trinajstić information content (AvgIpc) is 2.26. The van der Waals surface area contributed by atoms with Crippen LogP contribution in [0.5, 0.6) is 0 Å². The Morgan fingerprint density at radius 2 is 2.12 bits per heavy atom. The van der Waals surface area contributed by atoms with Gasteiger partial charge in [-0.2, -0.15) is 0 Å². The van der Waals surface area contributed by atoms with Crippen LogP contribution in [0.4, 0.5) is 0 Å². The molecule has 1 aliphatic rings. The van der Waals surface area contributed by atoms with Gasteiger partial charge in [0.2, 0.25) is 11.8 Å². The lowest BCUT2D eigenvalue weighted by Gasteiger charge is -2.33. The third kappa shape index (κ3) is 4.34. The van der Waals surface area contributed by atoms with Crippen molar-refractivity contribution in [3.8, 4) is 0 Å². The summed E-state index contributed by atoms with van der Waals surface area (Å²) in [4.78, 5) is 25.3. The number of carbonyl (C=O) groups is 2. The first kappa shape index (κ1) is 14.0. The fraction of sp³-hybridized carbons (Fsp3) is 0.833. The minimum absolute atomic E-state index is 0.0227. The summed E-state index contributed by atoms with van der Waals surface area (Å²) in [7, 11) is 1.63. The third-order valence-corrected chi connectivity index (χ3v) is 3.00. The van der Waals surface area contributed by atoms with Gasteiger partial charge in [0.15, 0.2) is 0 Å². The molecule has 0 aliphatic carbocycles. The number of nitrogens with one attached hydrogen (secondary N) is 1. The van der Waals surface area contributed by atoms with Crippen molar-refractivity contribution in [2.45, 2.75) is 38.6 Å². The predicted molar refractivity (Wildman–Crippen MR) is 66.3 cm³/mol. The normalized spacial score (nSPS) is 21.2. The van der Waals surface area contributed by atoms with Crippen LogP contribution in [-0.4, -0.2) is 42.4 Å². The van der Waals surface area contributed by atoms with Gasteiger partial charge in [0.05, 0.1) is 5.92 Å². The van der Waals surface area contributed by atoms with E-state index in [1.807, 2.05) is 13.8 Å². The number of carbonyl (C=O) groups excluding carboxylic acids is 2. The summed E-state index contributed by atoms with van der Waals surface area (Å²) in [6.45, 7) is 4.94. The van der Waals surface area contributed by atoms with Gasteiger partial charge >= 0.3 is 0 Å². The topological polar surface area (TPSA) is 75.4 Å². The number of rotatable bonds is 3. The second kappa shape index (κ2) is 5.49. The van der Waals surface area contributed by atoms with Crippen LogP contribution >= 0.6 is 0 Å². The second-order valence-corrected chi connectivity index (χ2v) is 5.46. The SMILES string of the molecule is CNC(=O)C1CCCN(C(=O)CC(C)(C)N)C1. The number of piperidine rings is 1. The molecule has 0 saturated carbocycles. The van der Waals surface area contributed by atoms with E-state index in [-0.39, 0.29) is 17.7 Å². The van der Waals surface area contributed by atoms with Gasteiger partial charge in [-0.15, -0.1) is 0 Å². The predicted octanol–water partition coefficient (Wildman–Crippen LogP) is 0.0984. The van der Waals surface area contributed by atoms with E-state index in [4.69, 9.17) is 5.73 Å². The second-order valence-electron chi connectivity index (χ2n) is 5.46. The van der Waals surface area contributed by atoms with E-state index in [2.05, 4.69) is 5.32 Å². The molecule has 0 aromatic rings. The van der Waals surface area contributed by atoms with E-state index in [0.29, 0.717) is 13.0 Å². The van der Waals surface area contributed by atoms with Crippen LogP contribution < -0.4 is 11.1 Å². The van der Waals surface area contributed by atoms with Crippen molar-refractivity contribution < 1.29 is 9.59 Å². The monoisotopic (exact) mass is 241 g/mol. The van der Waals surface area contributed by atoms with Gasteiger partial charge in [-0.25, -0.2) is 0 Å². The Morgan fingerprint density at radius 3 is 2.65 bits per heavy atom. The Kier molecular flexibility index (Phi) is 4.51. The van der Waals surface area contributed by atoms with E-state index >= 15 is 0 Å². The molecule has 1 saturated heterocycles. The van der Waals surface area contributed by atoms with Crippen molar-refractivity contribution in [1.29, 1.82) is 0 Å². The molecule has 1 heterocycles. The molecular weight excluding hydrogens is 218 g/mol. The van der Waals surface area contributed by atoms with Crippen LogP contribution in [0.1, 0.15) is 33.1 Å². The minimum atomic E-state index is -0.489. The van der Waals surface area contributed by atoms with Gasteiger partial charge in [-0.1, -0.05) is 0 Å². The quantitative estimate of drug-likeness (QED) is 0.735. The Labute approximate surface area is 103 Å². The maximum Gasteiger partial charge on any atom is 0.224 e. The summed E-state index contributed by atoms with van der Waals surface area (Å²) in [5.74, 6) is -0.000742. The molecule has 0 bridgehead atoms. The number of likely N-dealkylation sites (tertiary alicyclic amines) is 1. The molecule has 1 fully saturated rings. The lowest BCUT2D eigenvalue weighted by Crippen LogP contribution is -2.47. The average molecular weight is 241 g/mol. The Morgan fingerprint density at radius 1 is 1.47 bits per heavy atom. The maximum absolute atomic E-state index is 12.0. The zero-order valence-corrected chi connectivity index (χ0v) is 11.0. The molecule has 0 spiro atoms. The molecule has 0 radical (unpaired) electrons. The Balaban J connectivity index is 2.55. The molecule has 0 aromatic heterocycles. The summed E-state index contributed by atoms with van der Waals surface area (Å²) in [6.07, 6.45) is 2.07. The highest BCUT2D eigenvalue weighted by atomic mass is 16.2. The van der Waals surface area contributed by atoms with Crippen LogP contribution in [0.3, 0.4) is 0 Å². The zero-order chi connectivity index (χ0) is 13.1. The number of amides is 2. The molecule has 1 aliphatic heterocycles. The van der Waals surface area contributed by atoms with Crippen molar-refractivity contribution in [3.63, 3.8) is 0 Å². The van der Waals surface area contributed by atoms with E-state index in [1.165, 1.54) is 0 Å². The van der Waals surface area contributed by atoms with Crippen LogP contribution in [0.25, 0.3) is 0 Å². The summed E-state index contributed by atoms with van der Waals surface area (Å²) >= 11 is 0. The standard InChI is InChI=1S/C12H23N3O2/c1-12(2,13)7-10(16)15-6-4-5-9(8-15)11(17)14-3/h9H,4-8,13H2,1-3H3,(H,14,17). The van der Waals surface area contributed by atoms with Gasteiger partial charge in [-0.05, 0) is 26.7 Å². The Bertz CT molecular complexity index is 297. The first-order valence-electron chi connectivity index (χ1n) is 6.12. The first-order chi connectivity index (χ1) is 7.83. The minimum Gasteiger partial charge on any atom is -0.359 e. The van der Waals surface area contributed by atoms with Crippen molar-refractivity contribution in [3.05, 3.63) is 0 Å². The Hall–Kier alpha value is -1.10. The molecule has 1 unspecified atom stereocenters. The fourth-order valence-corrected chi connectivity index (χ4v) is 2.12. The molecule has 17 heavy (non-hydrogen) atoms. The number of nitrogens with two attached hydrogens (primary N) is 1. The van der Waals surface area contributed by atoms with Crippen LogP contribution in [0.15, 0.2) is 0 Å². The molecule has 1 rings (SSSR count). The van der Waals surface area contributed by atoms with Crippen LogP contribution in [-0.2, 0) is 9.59 Å². The van der Waals surface area contributed by atoms with Gasteiger partial charge in [0, 0.05) is 32.1 Å². The lowest BCUT2D eigenvalue weighted by molar-refractivity contribution is -0.136. The van der Waals surface area contributed by atoms with Crippen LogP contribution in [0, 0.1) is 5.92 Å². The van der Waals surface area contributed by atoms with Gasteiger partial charge in [0.1, 0.15) is 0 Å². The summed E-state index contributed by atoms with van der Waals surface area (Å²) < 4.78 is 0. The summed E-state index contributed by atoms with van der Waals surface area (Å²) in [5.41, 5.74) is 5.35. The van der Waals surface area contributed by atoms with Crippen LogP contribution in [0.2, 0.25) is 0 Å². The van der Waals surface area contributed by atoms with Gasteiger partial charge in [-0.3, -0.25) is 9.59 Å². The van der Waals surface area contributed by atoms with Crippen molar-refractivity contribution in [1.82, 2.24) is 10.2 Å². The molecule has 0 aromatic carbocycles. The summed E-state index contributed by atoms with van der Waals surface area (Å²) in [5, 5.41) is 2.64. The highest BCUT2D eigenvalue weighted by molar-refractivity contribution is 5.81. The number of nitrogens with zero attached hydrogens (tertiary/aromatic N) is 1. The van der Waals surface area contributed by atoms with Crippen molar-refractivity contribution in [2.24, 2.45) is 11.7 Å². The molecular formula is C12H23N3O2. The molecule has 1 atom stereocenters. The van der Waals surface area contributed by atoms with E-state index in [0.717, 1.165) is 19.4 Å².